The quantitative estimate of drug-likeness (QED) is 0.783. The third-order valence-electron chi connectivity index (χ3n) is 4.17. The molecule has 2 aliphatic heterocycles. The molecule has 2 aliphatic rings. The zero-order valence-corrected chi connectivity index (χ0v) is 12.0. The molecule has 2 atom stereocenters. The van der Waals surface area contributed by atoms with Crippen LogP contribution in [0.2, 0.25) is 0 Å². The molecule has 3 heterocycles. The number of rotatable bonds is 1. The van der Waals surface area contributed by atoms with E-state index < -0.39 is 23.3 Å². The van der Waals surface area contributed by atoms with Gasteiger partial charge in [0.2, 0.25) is 0 Å². The first-order valence-electron chi connectivity index (χ1n) is 7.01. The molecule has 22 heavy (non-hydrogen) atoms. The minimum absolute atomic E-state index is 0.0312. The van der Waals surface area contributed by atoms with E-state index in [0.29, 0.717) is 19.7 Å². The van der Waals surface area contributed by atoms with E-state index in [1.54, 1.807) is 0 Å². The van der Waals surface area contributed by atoms with Gasteiger partial charge in [-0.3, -0.25) is 14.7 Å². The number of halogens is 3. The fraction of sp³-hybridized carbons (Fsp3) is 0.571. The van der Waals surface area contributed by atoms with Crippen molar-refractivity contribution in [3.05, 3.63) is 29.6 Å². The first kappa shape index (κ1) is 15.2. The van der Waals surface area contributed by atoms with Crippen LogP contribution < -0.4 is 0 Å². The van der Waals surface area contributed by atoms with Crippen LogP contribution in [0.5, 0.6) is 0 Å². The van der Waals surface area contributed by atoms with E-state index in [4.69, 9.17) is 4.74 Å². The lowest BCUT2D eigenvalue weighted by atomic mass is 10.1. The summed E-state index contributed by atoms with van der Waals surface area (Å²) in [4.78, 5) is 19.3. The Bertz CT molecular complexity index is 579. The second kappa shape index (κ2) is 5.51. The van der Waals surface area contributed by atoms with Gasteiger partial charge in [0.15, 0.2) is 5.69 Å². The lowest BCUT2D eigenvalue weighted by Crippen LogP contribution is -2.48. The molecule has 0 bridgehead atoms. The van der Waals surface area contributed by atoms with E-state index in [0.717, 1.165) is 12.7 Å². The number of alkyl halides is 3. The van der Waals surface area contributed by atoms with Crippen LogP contribution in [0.3, 0.4) is 0 Å². The molecule has 3 rings (SSSR count). The molecule has 0 saturated carbocycles. The first-order valence-corrected chi connectivity index (χ1v) is 7.01. The van der Waals surface area contributed by atoms with E-state index in [9.17, 15) is 18.0 Å². The fourth-order valence-corrected chi connectivity index (χ4v) is 3.00. The number of fused-ring (bicyclic) bond motifs is 1. The summed E-state index contributed by atoms with van der Waals surface area (Å²) in [5.41, 5.74) is -1.54. The van der Waals surface area contributed by atoms with Crippen LogP contribution in [0.25, 0.3) is 0 Å². The van der Waals surface area contributed by atoms with Crippen LogP contribution in [-0.4, -0.2) is 66.1 Å². The Morgan fingerprint density at radius 2 is 2.18 bits per heavy atom. The lowest BCUT2D eigenvalue weighted by molar-refractivity contribution is -0.141. The topological polar surface area (TPSA) is 45.7 Å². The highest BCUT2D eigenvalue weighted by Gasteiger charge is 2.43. The molecule has 1 aromatic rings. The fourth-order valence-electron chi connectivity index (χ4n) is 3.00. The molecule has 5 nitrogen and oxygen atoms in total. The maximum absolute atomic E-state index is 13.0. The monoisotopic (exact) mass is 315 g/mol. The normalized spacial score (nSPS) is 26.1. The SMILES string of the molecule is CN1CCO[C@@H]2CN(C(=O)c3cccnc3C(F)(F)F)C[C@@H]21. The van der Waals surface area contributed by atoms with Crippen LogP contribution in [0.4, 0.5) is 13.2 Å². The van der Waals surface area contributed by atoms with Gasteiger partial charge in [0, 0.05) is 25.8 Å². The number of amides is 1. The molecule has 2 fully saturated rings. The summed E-state index contributed by atoms with van der Waals surface area (Å²) in [6, 6.07) is 2.54. The number of likely N-dealkylation sites (tertiary alicyclic amines) is 1. The molecule has 0 aliphatic carbocycles. The van der Waals surface area contributed by atoms with Gasteiger partial charge in [-0.25, -0.2) is 0 Å². The number of ether oxygens (including phenoxy) is 1. The molecule has 0 N–H and O–H groups in total. The van der Waals surface area contributed by atoms with Crippen molar-refractivity contribution >= 4 is 5.91 Å². The number of hydrogen-bond donors (Lipinski definition) is 0. The standard InChI is InChI=1S/C14H16F3N3O2/c1-19-5-6-22-11-8-20(7-10(11)19)13(21)9-3-2-4-18-12(9)14(15,16)17/h2-4,10-11H,5-8H2,1H3/t10-,11+/m0/s1. The van der Waals surface area contributed by atoms with Gasteiger partial charge in [0.05, 0.1) is 24.3 Å². The maximum atomic E-state index is 13.0. The van der Waals surface area contributed by atoms with Gasteiger partial charge in [-0.1, -0.05) is 0 Å². The summed E-state index contributed by atoms with van der Waals surface area (Å²) >= 11 is 0. The number of hydrogen-bond acceptors (Lipinski definition) is 4. The summed E-state index contributed by atoms with van der Waals surface area (Å²) in [5, 5.41) is 0. The van der Waals surface area contributed by atoms with Crippen molar-refractivity contribution in [3.63, 3.8) is 0 Å². The minimum atomic E-state index is -4.65. The second-order valence-corrected chi connectivity index (χ2v) is 5.56. The van der Waals surface area contributed by atoms with Gasteiger partial charge in [-0.2, -0.15) is 13.2 Å². The number of carbonyl (C=O) groups is 1. The second-order valence-electron chi connectivity index (χ2n) is 5.56. The summed E-state index contributed by atoms with van der Waals surface area (Å²) < 4.78 is 44.6. The summed E-state index contributed by atoms with van der Waals surface area (Å²) in [5.74, 6) is -0.646. The number of carbonyl (C=O) groups excluding carboxylic acids is 1. The number of aromatic nitrogens is 1. The summed E-state index contributed by atoms with van der Waals surface area (Å²) in [7, 11) is 1.93. The van der Waals surface area contributed by atoms with Gasteiger partial charge in [-0.05, 0) is 19.2 Å². The van der Waals surface area contributed by atoms with Crippen molar-refractivity contribution in [3.8, 4) is 0 Å². The molecular formula is C14H16F3N3O2. The van der Waals surface area contributed by atoms with E-state index >= 15 is 0 Å². The highest BCUT2D eigenvalue weighted by Crippen LogP contribution is 2.31. The maximum Gasteiger partial charge on any atom is 0.434 e. The molecule has 1 amide bonds. The van der Waals surface area contributed by atoms with Crippen LogP contribution >= 0.6 is 0 Å². The van der Waals surface area contributed by atoms with Gasteiger partial charge < -0.3 is 9.64 Å². The van der Waals surface area contributed by atoms with Crippen molar-refractivity contribution in [2.75, 3.05) is 33.3 Å². The third-order valence-corrected chi connectivity index (χ3v) is 4.17. The average molecular weight is 315 g/mol. The van der Waals surface area contributed by atoms with Crippen molar-refractivity contribution in [2.45, 2.75) is 18.3 Å². The molecule has 0 aromatic carbocycles. The number of morpholine rings is 1. The van der Waals surface area contributed by atoms with E-state index in [1.807, 2.05) is 7.05 Å². The van der Waals surface area contributed by atoms with Crippen LogP contribution in [-0.2, 0) is 10.9 Å². The molecule has 0 spiro atoms. The predicted molar refractivity (Wildman–Crippen MR) is 71.3 cm³/mol. The lowest BCUT2D eigenvalue weighted by Gasteiger charge is -2.33. The van der Waals surface area contributed by atoms with Crippen molar-refractivity contribution in [2.24, 2.45) is 0 Å². The smallest absolute Gasteiger partial charge is 0.373 e. The van der Waals surface area contributed by atoms with Gasteiger partial charge in [0.25, 0.3) is 5.91 Å². The number of likely N-dealkylation sites (N-methyl/N-ethyl adjacent to an activating group) is 1. The van der Waals surface area contributed by atoms with Crippen molar-refractivity contribution in [1.82, 2.24) is 14.8 Å². The highest BCUT2D eigenvalue weighted by atomic mass is 19.4. The number of nitrogens with zero attached hydrogens (tertiary/aromatic N) is 3. The Morgan fingerprint density at radius 3 is 2.86 bits per heavy atom. The molecule has 0 unspecified atom stereocenters. The Balaban J connectivity index is 1.84. The zero-order valence-electron chi connectivity index (χ0n) is 12.0. The van der Waals surface area contributed by atoms with Gasteiger partial charge in [0.1, 0.15) is 0 Å². The molecule has 1 aromatic heterocycles. The van der Waals surface area contributed by atoms with Crippen LogP contribution in [0.1, 0.15) is 16.1 Å². The Hall–Kier alpha value is -1.67. The largest absolute Gasteiger partial charge is 0.434 e. The Kier molecular flexibility index (Phi) is 3.82. The summed E-state index contributed by atoms with van der Waals surface area (Å²) in [6.45, 7) is 2.00. The molecule has 2 saturated heterocycles. The van der Waals surface area contributed by atoms with Crippen molar-refractivity contribution in [1.29, 1.82) is 0 Å². The van der Waals surface area contributed by atoms with E-state index in [2.05, 4.69) is 9.88 Å². The van der Waals surface area contributed by atoms with E-state index in [-0.39, 0.29) is 12.1 Å². The van der Waals surface area contributed by atoms with Crippen molar-refractivity contribution < 1.29 is 22.7 Å². The minimum Gasteiger partial charge on any atom is -0.373 e. The van der Waals surface area contributed by atoms with Gasteiger partial charge >= 0.3 is 6.18 Å². The average Bonchev–Trinajstić information content (AvgIpc) is 2.91. The summed E-state index contributed by atoms with van der Waals surface area (Å²) in [6.07, 6.45) is -3.75. The Labute approximate surface area is 125 Å². The first-order chi connectivity index (χ1) is 10.4. The number of pyridine rings is 1. The van der Waals surface area contributed by atoms with Gasteiger partial charge in [-0.15, -0.1) is 0 Å². The molecule has 8 heteroatoms. The van der Waals surface area contributed by atoms with Crippen LogP contribution in [0, 0.1) is 0 Å². The third kappa shape index (κ3) is 2.68. The Morgan fingerprint density at radius 1 is 1.41 bits per heavy atom. The molecule has 120 valence electrons. The predicted octanol–water partition coefficient (Wildman–Crippen LogP) is 1.26. The highest BCUT2D eigenvalue weighted by molar-refractivity contribution is 5.95. The van der Waals surface area contributed by atoms with Crippen LogP contribution in [0.15, 0.2) is 18.3 Å². The molecule has 0 radical (unpaired) electrons. The zero-order chi connectivity index (χ0) is 15.9. The van der Waals surface area contributed by atoms with E-state index in [1.165, 1.54) is 17.0 Å². The molecular weight excluding hydrogens is 299 g/mol.